The van der Waals surface area contributed by atoms with Crippen molar-refractivity contribution in [3.8, 4) is 5.75 Å². The summed E-state index contributed by atoms with van der Waals surface area (Å²) < 4.78 is 37.0. The van der Waals surface area contributed by atoms with E-state index in [1.165, 1.54) is 25.1 Å². The van der Waals surface area contributed by atoms with E-state index in [0.29, 0.717) is 6.42 Å². The minimum atomic E-state index is -2.08. The number of rotatable bonds is 4. The molecular formula is C30H35NO11. The fourth-order valence-electron chi connectivity index (χ4n) is 7.05. The predicted octanol–water partition coefficient (Wildman–Crippen LogP) is 2.06. The van der Waals surface area contributed by atoms with Gasteiger partial charge >= 0.3 is 11.9 Å². The van der Waals surface area contributed by atoms with Gasteiger partial charge in [-0.1, -0.05) is 12.1 Å². The molecular weight excluding hydrogens is 550 g/mol. The number of benzene rings is 1. The lowest BCUT2D eigenvalue weighted by Crippen LogP contribution is -2.68. The van der Waals surface area contributed by atoms with Crippen LogP contribution in [0.1, 0.15) is 67.2 Å². The molecule has 7 unspecified atom stereocenters. The standard InChI is InChI=1S/C30H35NO11/c1-13-11-20(38-15(3)32)29(40-22-10-9-17(31(4)5)14(2)37-22)30(41-13)25-24(28-19(42-30)12-21(34)39-28)26(35)16-7-6-8-18(33)23(16)27(25)36/h6-8,13-14,17,19-20,22,28-29,33H,9-12H2,1-5H3/t13?,14?,17?,19-,20?,22?,28+,29?,30?/m1/s1. The van der Waals surface area contributed by atoms with Gasteiger partial charge in [-0.05, 0) is 46.9 Å². The van der Waals surface area contributed by atoms with Gasteiger partial charge in [0.15, 0.2) is 30.1 Å². The number of aromatic hydroxyl groups is 1. The second-order valence-corrected chi connectivity index (χ2v) is 11.8. The van der Waals surface area contributed by atoms with E-state index in [9.17, 15) is 24.3 Å². The number of phenolic OH excluding ortho intramolecular Hbond substituents is 1. The maximum absolute atomic E-state index is 14.3. The van der Waals surface area contributed by atoms with Crippen LogP contribution in [-0.4, -0.2) is 102 Å². The van der Waals surface area contributed by atoms with Crippen LogP contribution < -0.4 is 0 Å². The monoisotopic (exact) mass is 585 g/mol. The zero-order valence-corrected chi connectivity index (χ0v) is 24.2. The molecule has 42 heavy (non-hydrogen) atoms. The number of fused-ring (bicyclic) bond motifs is 4. The molecule has 5 aliphatic rings. The Balaban J connectivity index is 1.50. The van der Waals surface area contributed by atoms with Gasteiger partial charge in [-0.15, -0.1) is 0 Å². The number of hydrogen-bond donors (Lipinski definition) is 1. The average Bonchev–Trinajstić information content (AvgIpc) is 3.27. The van der Waals surface area contributed by atoms with Crippen molar-refractivity contribution in [3.63, 3.8) is 0 Å². The van der Waals surface area contributed by atoms with Gasteiger partial charge in [0.1, 0.15) is 18.0 Å². The molecule has 3 fully saturated rings. The Morgan fingerprint density at radius 3 is 2.55 bits per heavy atom. The number of likely N-dealkylation sites (N-methyl/N-ethyl adjacent to an activating group) is 1. The first-order chi connectivity index (χ1) is 19.9. The number of carbonyl (C=O) groups is 4. The van der Waals surface area contributed by atoms with Crippen molar-refractivity contribution in [2.75, 3.05) is 14.1 Å². The molecule has 0 aromatic heterocycles. The quantitative estimate of drug-likeness (QED) is 0.516. The lowest BCUT2D eigenvalue weighted by molar-refractivity contribution is -0.369. The fourth-order valence-corrected chi connectivity index (χ4v) is 7.05. The molecule has 1 aromatic rings. The van der Waals surface area contributed by atoms with Crippen LogP contribution in [0.5, 0.6) is 5.75 Å². The van der Waals surface area contributed by atoms with Gasteiger partial charge in [-0.3, -0.25) is 19.2 Å². The Labute approximate surface area is 242 Å². The molecule has 0 amide bonds. The topological polar surface area (TPSA) is 147 Å². The van der Waals surface area contributed by atoms with Crippen molar-refractivity contribution in [1.29, 1.82) is 0 Å². The number of Topliss-reactive ketones (excluding diaryl/α,β-unsaturated/α-hetero) is 2. The van der Waals surface area contributed by atoms with Crippen LogP contribution in [0.15, 0.2) is 29.3 Å². The smallest absolute Gasteiger partial charge is 0.309 e. The maximum atomic E-state index is 14.3. The number of phenols is 1. The van der Waals surface area contributed by atoms with Crippen LogP contribution in [-0.2, 0) is 38.0 Å². The Kier molecular flexibility index (Phi) is 7.25. The minimum absolute atomic E-state index is 0.0190. The molecule has 0 saturated carbocycles. The Morgan fingerprint density at radius 2 is 1.86 bits per heavy atom. The first-order valence-electron chi connectivity index (χ1n) is 14.3. The van der Waals surface area contributed by atoms with Gasteiger partial charge in [0.2, 0.25) is 5.79 Å². The lowest BCUT2D eigenvalue weighted by Gasteiger charge is -2.54. The summed E-state index contributed by atoms with van der Waals surface area (Å²) in [4.78, 5) is 55.2. The van der Waals surface area contributed by atoms with Gasteiger partial charge in [0.25, 0.3) is 0 Å². The van der Waals surface area contributed by atoms with E-state index in [1.807, 2.05) is 21.0 Å². The number of carbonyl (C=O) groups excluding carboxylic acids is 4. The summed E-state index contributed by atoms with van der Waals surface area (Å²) in [5.41, 5.74) is -0.557. The van der Waals surface area contributed by atoms with Crippen molar-refractivity contribution in [2.45, 2.75) is 101 Å². The molecule has 4 aliphatic heterocycles. The van der Waals surface area contributed by atoms with Gasteiger partial charge in [0.05, 0.1) is 35.3 Å². The summed E-state index contributed by atoms with van der Waals surface area (Å²) in [5.74, 6) is -4.99. The highest BCUT2D eigenvalue weighted by Crippen LogP contribution is 2.52. The summed E-state index contributed by atoms with van der Waals surface area (Å²) in [7, 11) is 3.94. The molecule has 1 aromatic carbocycles. The van der Waals surface area contributed by atoms with Crippen LogP contribution in [0.2, 0.25) is 0 Å². The molecule has 3 saturated heterocycles. The Morgan fingerprint density at radius 1 is 1.10 bits per heavy atom. The molecule has 1 spiro atoms. The van der Waals surface area contributed by atoms with Crippen molar-refractivity contribution >= 4 is 23.5 Å². The second-order valence-electron chi connectivity index (χ2n) is 11.8. The zero-order chi connectivity index (χ0) is 30.1. The predicted molar refractivity (Wildman–Crippen MR) is 143 cm³/mol. The number of ether oxygens (including phenoxy) is 6. The van der Waals surface area contributed by atoms with Crippen molar-refractivity contribution in [3.05, 3.63) is 40.5 Å². The number of hydrogen-bond acceptors (Lipinski definition) is 12. The first-order valence-corrected chi connectivity index (χ1v) is 14.3. The molecule has 12 nitrogen and oxygen atoms in total. The van der Waals surface area contributed by atoms with E-state index in [1.54, 1.807) is 6.92 Å². The molecule has 1 N–H and O–H groups in total. The van der Waals surface area contributed by atoms with E-state index in [0.717, 1.165) is 6.42 Å². The maximum Gasteiger partial charge on any atom is 0.309 e. The Bertz CT molecular complexity index is 1370. The van der Waals surface area contributed by atoms with Crippen LogP contribution >= 0.6 is 0 Å². The fraction of sp³-hybridized carbons (Fsp3) is 0.600. The highest BCUT2D eigenvalue weighted by molar-refractivity contribution is 6.29. The lowest BCUT2D eigenvalue weighted by atomic mass is 9.72. The van der Waals surface area contributed by atoms with E-state index in [-0.39, 0.29) is 47.3 Å². The van der Waals surface area contributed by atoms with E-state index < -0.39 is 71.9 Å². The van der Waals surface area contributed by atoms with Crippen LogP contribution in [0.4, 0.5) is 0 Å². The Hall–Kier alpha value is -3.16. The first kappa shape index (κ1) is 28.9. The van der Waals surface area contributed by atoms with Crippen LogP contribution in [0.25, 0.3) is 0 Å². The van der Waals surface area contributed by atoms with Gasteiger partial charge in [0, 0.05) is 24.9 Å². The zero-order valence-electron chi connectivity index (χ0n) is 24.2. The minimum Gasteiger partial charge on any atom is -0.507 e. The number of ketones is 2. The largest absolute Gasteiger partial charge is 0.507 e. The number of nitrogens with zero attached hydrogens (tertiary/aromatic N) is 1. The second kappa shape index (κ2) is 10.5. The summed E-state index contributed by atoms with van der Waals surface area (Å²) in [6.45, 7) is 4.92. The molecule has 0 radical (unpaired) electrons. The normalized spacial score (nSPS) is 37.8. The van der Waals surface area contributed by atoms with Gasteiger partial charge < -0.3 is 38.4 Å². The van der Waals surface area contributed by atoms with Crippen LogP contribution in [0.3, 0.4) is 0 Å². The molecule has 226 valence electrons. The molecule has 1 aliphatic carbocycles. The molecule has 4 heterocycles. The third-order valence-corrected chi connectivity index (χ3v) is 8.72. The van der Waals surface area contributed by atoms with Crippen molar-refractivity contribution in [1.82, 2.24) is 4.90 Å². The third-order valence-electron chi connectivity index (χ3n) is 8.72. The summed E-state index contributed by atoms with van der Waals surface area (Å²) in [5, 5.41) is 10.7. The molecule has 12 heteroatoms. The van der Waals surface area contributed by atoms with E-state index >= 15 is 0 Å². The SMILES string of the molecule is CC(=O)OC1CC(C)OC2(O[C@@H]3CC(=O)O[C@@H]3C3=C2C(=O)c2c(O)cccc2C3=O)C1OC1CCC(N(C)C)C(C)O1. The van der Waals surface area contributed by atoms with Gasteiger partial charge in [-0.25, -0.2) is 0 Å². The highest BCUT2D eigenvalue weighted by Gasteiger charge is 2.66. The van der Waals surface area contributed by atoms with Crippen LogP contribution in [0, 0.1) is 0 Å². The van der Waals surface area contributed by atoms with E-state index in [2.05, 4.69) is 4.90 Å². The third kappa shape index (κ3) is 4.56. The summed E-state index contributed by atoms with van der Waals surface area (Å²) in [6.07, 6.45) is -4.76. The molecule has 9 atom stereocenters. The van der Waals surface area contributed by atoms with Crippen molar-refractivity contribution in [2.24, 2.45) is 0 Å². The van der Waals surface area contributed by atoms with Crippen molar-refractivity contribution < 1.29 is 52.7 Å². The summed E-state index contributed by atoms with van der Waals surface area (Å²) >= 11 is 0. The molecule has 6 rings (SSSR count). The van der Waals surface area contributed by atoms with E-state index in [4.69, 9.17) is 28.4 Å². The summed E-state index contributed by atoms with van der Waals surface area (Å²) in [6, 6.07) is 4.35. The average molecular weight is 586 g/mol. The highest BCUT2D eigenvalue weighted by atomic mass is 16.8. The van der Waals surface area contributed by atoms with Gasteiger partial charge in [-0.2, -0.15) is 0 Å². The number of esters is 2. The molecule has 0 bridgehead atoms.